The van der Waals surface area contributed by atoms with Gasteiger partial charge < -0.3 is 9.84 Å². The van der Waals surface area contributed by atoms with Gasteiger partial charge in [-0.05, 0) is 43.7 Å². The summed E-state index contributed by atoms with van der Waals surface area (Å²) in [6.45, 7) is 0. The van der Waals surface area contributed by atoms with Gasteiger partial charge in [-0.3, -0.25) is 29.0 Å². The number of allylic oxidation sites excluding steroid dienone is 2. The fourth-order valence-electron chi connectivity index (χ4n) is 7.79. The van der Waals surface area contributed by atoms with Crippen LogP contribution in [0.2, 0.25) is 0 Å². The summed E-state index contributed by atoms with van der Waals surface area (Å²) in [5.41, 5.74) is 0.750. The molecule has 1 aromatic carbocycles. The molecular formula is C28H29BrCl2N2O6. The molecule has 2 saturated heterocycles. The zero-order chi connectivity index (χ0) is 27.9. The molecule has 3 aliphatic carbocycles. The number of aromatic hydroxyl groups is 1. The number of halogens is 3. The van der Waals surface area contributed by atoms with Crippen molar-refractivity contribution in [2.75, 3.05) is 12.6 Å². The van der Waals surface area contributed by atoms with E-state index in [2.05, 4.69) is 15.9 Å². The number of methoxy groups -OCH3 is 1. The van der Waals surface area contributed by atoms with Crippen molar-refractivity contribution in [2.24, 2.45) is 17.8 Å². The molecule has 2 aliphatic heterocycles. The minimum Gasteiger partial charge on any atom is -0.508 e. The molecular weight excluding hydrogens is 611 g/mol. The van der Waals surface area contributed by atoms with Gasteiger partial charge in [-0.25, -0.2) is 0 Å². The van der Waals surface area contributed by atoms with E-state index < -0.39 is 45.2 Å². The highest BCUT2D eigenvalue weighted by atomic mass is 79.9. The van der Waals surface area contributed by atoms with Crippen molar-refractivity contribution < 1.29 is 29.0 Å². The lowest BCUT2D eigenvalue weighted by molar-refractivity contribution is -0.144. The van der Waals surface area contributed by atoms with Gasteiger partial charge in [0.05, 0.1) is 24.4 Å². The number of alkyl halides is 3. The summed E-state index contributed by atoms with van der Waals surface area (Å²) in [5, 5.41) is 11.1. The first-order valence-electron chi connectivity index (χ1n) is 13.3. The van der Waals surface area contributed by atoms with E-state index in [1.54, 1.807) is 12.1 Å². The Morgan fingerprint density at radius 2 is 1.77 bits per heavy atom. The maximum Gasteiger partial charge on any atom is 0.254 e. The van der Waals surface area contributed by atoms with Gasteiger partial charge in [-0.2, -0.15) is 0 Å². The van der Waals surface area contributed by atoms with Crippen molar-refractivity contribution in [3.63, 3.8) is 0 Å². The van der Waals surface area contributed by atoms with Crippen LogP contribution in [-0.4, -0.2) is 66.9 Å². The Kier molecular flexibility index (Phi) is 6.59. The Bertz CT molecular complexity index is 1310. The second kappa shape index (κ2) is 9.48. The lowest BCUT2D eigenvalue weighted by Gasteiger charge is -2.51. The second-order valence-corrected chi connectivity index (χ2v) is 13.0. The van der Waals surface area contributed by atoms with Crippen LogP contribution in [0.3, 0.4) is 0 Å². The average molecular weight is 640 g/mol. The number of amides is 4. The summed E-state index contributed by atoms with van der Waals surface area (Å²) in [6.07, 6.45) is 6.69. The SMILES string of the molecule is COc1cccc(O)c1[C@H]1C2=CC[C@@H]3C(=O)N(C4CCCCC4)C(=O)[C@@H]3[C@@H]2C[C@@]2(Cl)C(=O)N(CBr)C(=O)[C@@]12Cl. The number of hydrogen-bond donors (Lipinski definition) is 1. The standard InChI is InChI=1S/C28H29BrCl2N2O6/c1-39-19-9-5-8-18(34)21(19)22-15-10-11-16-20(24(36)33(23(16)35)14-6-3-2-4-7-14)17(15)12-27(30)25(37)32(13-29)26(38)28(22,27)31/h5,8-10,14,16-17,20,22,34H,2-4,6-7,11-13H2,1H3/t16-,17+,20-,22+,27+,28-/m0/s1. The fraction of sp³-hybridized carbons (Fsp3) is 0.571. The molecule has 0 aromatic heterocycles. The Balaban J connectivity index is 1.53. The molecule has 6 rings (SSSR count). The number of fused-ring (bicyclic) bond motifs is 4. The number of carbonyl (C=O) groups excluding carboxylic acids is 4. The molecule has 2 heterocycles. The third kappa shape index (κ3) is 3.48. The number of hydrogen-bond acceptors (Lipinski definition) is 6. The second-order valence-electron chi connectivity index (χ2n) is 11.2. The summed E-state index contributed by atoms with van der Waals surface area (Å²) in [6, 6.07) is 4.58. The average Bonchev–Trinajstić information content (AvgIpc) is 3.27. The summed E-state index contributed by atoms with van der Waals surface area (Å²) in [4.78, 5) is 53.8. The predicted molar refractivity (Wildman–Crippen MR) is 147 cm³/mol. The van der Waals surface area contributed by atoms with Gasteiger partial charge in [-0.15, -0.1) is 23.2 Å². The summed E-state index contributed by atoms with van der Waals surface area (Å²) >= 11 is 17.7. The van der Waals surface area contributed by atoms with Crippen molar-refractivity contribution in [1.29, 1.82) is 0 Å². The molecule has 0 bridgehead atoms. The third-order valence-electron chi connectivity index (χ3n) is 9.54. The fourth-order valence-corrected chi connectivity index (χ4v) is 9.20. The van der Waals surface area contributed by atoms with Crippen molar-refractivity contribution in [2.45, 2.75) is 66.7 Å². The van der Waals surface area contributed by atoms with Crippen LogP contribution in [0.25, 0.3) is 0 Å². The number of carbonyl (C=O) groups is 4. The number of rotatable bonds is 4. The van der Waals surface area contributed by atoms with Gasteiger partial charge in [0, 0.05) is 17.5 Å². The molecule has 4 fully saturated rings. The van der Waals surface area contributed by atoms with E-state index in [1.807, 2.05) is 6.08 Å². The van der Waals surface area contributed by atoms with Gasteiger partial charge in [0.2, 0.25) is 11.8 Å². The first-order valence-corrected chi connectivity index (χ1v) is 15.2. The maximum absolute atomic E-state index is 14.0. The van der Waals surface area contributed by atoms with Gasteiger partial charge >= 0.3 is 0 Å². The number of imide groups is 2. The van der Waals surface area contributed by atoms with Gasteiger partial charge in [-0.1, -0.05) is 52.9 Å². The molecule has 208 valence electrons. The minimum absolute atomic E-state index is 0.0803. The van der Waals surface area contributed by atoms with E-state index in [0.717, 1.165) is 37.0 Å². The Labute approximate surface area is 244 Å². The molecule has 0 unspecified atom stereocenters. The third-order valence-corrected chi connectivity index (χ3v) is 11.5. The Hall–Kier alpha value is -2.10. The highest BCUT2D eigenvalue weighted by Gasteiger charge is 2.76. The number of nitrogens with zero attached hydrogens (tertiary/aromatic N) is 2. The van der Waals surface area contributed by atoms with Gasteiger partial charge in [0.1, 0.15) is 11.5 Å². The Morgan fingerprint density at radius 3 is 2.44 bits per heavy atom. The summed E-state index contributed by atoms with van der Waals surface area (Å²) in [7, 11) is 1.44. The zero-order valence-electron chi connectivity index (χ0n) is 21.4. The van der Waals surface area contributed by atoms with Crippen LogP contribution in [0, 0.1) is 17.8 Å². The van der Waals surface area contributed by atoms with Crippen molar-refractivity contribution in [3.05, 3.63) is 35.4 Å². The van der Waals surface area contributed by atoms with Crippen molar-refractivity contribution in [1.82, 2.24) is 9.80 Å². The summed E-state index contributed by atoms with van der Waals surface area (Å²) < 4.78 is 5.58. The minimum atomic E-state index is -1.99. The topological polar surface area (TPSA) is 104 Å². The zero-order valence-corrected chi connectivity index (χ0v) is 24.5. The normalized spacial score (nSPS) is 36.6. The molecule has 1 N–H and O–H groups in total. The van der Waals surface area contributed by atoms with Crippen LogP contribution in [0.4, 0.5) is 0 Å². The van der Waals surface area contributed by atoms with E-state index in [-0.39, 0.29) is 46.8 Å². The summed E-state index contributed by atoms with van der Waals surface area (Å²) in [5.74, 6) is -4.65. The molecule has 4 amide bonds. The van der Waals surface area contributed by atoms with Crippen LogP contribution in [0.15, 0.2) is 29.8 Å². The predicted octanol–water partition coefficient (Wildman–Crippen LogP) is 4.44. The van der Waals surface area contributed by atoms with Crippen LogP contribution in [0.5, 0.6) is 11.5 Å². The van der Waals surface area contributed by atoms with E-state index >= 15 is 0 Å². The number of phenols is 1. The number of likely N-dealkylation sites (tertiary alicyclic amines) is 2. The molecule has 0 spiro atoms. The van der Waals surface area contributed by atoms with Crippen molar-refractivity contribution >= 4 is 62.8 Å². The molecule has 2 saturated carbocycles. The molecule has 5 aliphatic rings. The van der Waals surface area contributed by atoms with Crippen LogP contribution in [0.1, 0.15) is 56.4 Å². The molecule has 8 nitrogen and oxygen atoms in total. The van der Waals surface area contributed by atoms with Gasteiger partial charge in [0.15, 0.2) is 9.75 Å². The lowest BCUT2D eigenvalue weighted by atomic mass is 9.56. The van der Waals surface area contributed by atoms with E-state index in [0.29, 0.717) is 12.0 Å². The first-order chi connectivity index (χ1) is 18.6. The van der Waals surface area contributed by atoms with Crippen molar-refractivity contribution in [3.8, 4) is 11.5 Å². The Morgan fingerprint density at radius 1 is 1.05 bits per heavy atom. The first kappa shape index (κ1) is 27.1. The van der Waals surface area contributed by atoms with E-state index in [4.69, 9.17) is 27.9 Å². The number of ether oxygens (including phenoxy) is 1. The monoisotopic (exact) mass is 638 g/mol. The molecule has 1 aromatic rings. The lowest BCUT2D eigenvalue weighted by Crippen LogP contribution is -2.60. The molecule has 6 atom stereocenters. The largest absolute Gasteiger partial charge is 0.508 e. The molecule has 0 radical (unpaired) electrons. The number of phenolic OH excluding ortho intramolecular Hbond substituents is 1. The highest BCUT2D eigenvalue weighted by molar-refractivity contribution is 9.09. The maximum atomic E-state index is 14.0. The van der Waals surface area contributed by atoms with E-state index in [9.17, 15) is 24.3 Å². The quantitative estimate of drug-likeness (QED) is 0.226. The smallest absolute Gasteiger partial charge is 0.254 e. The number of benzene rings is 1. The van der Waals surface area contributed by atoms with E-state index in [1.165, 1.54) is 18.1 Å². The van der Waals surface area contributed by atoms with Crippen LogP contribution < -0.4 is 4.74 Å². The van der Waals surface area contributed by atoms with Crippen LogP contribution >= 0.6 is 39.1 Å². The molecule has 39 heavy (non-hydrogen) atoms. The van der Waals surface area contributed by atoms with Crippen LogP contribution in [-0.2, 0) is 19.2 Å². The highest BCUT2D eigenvalue weighted by Crippen LogP contribution is 2.67. The molecule has 11 heteroatoms. The van der Waals surface area contributed by atoms with Gasteiger partial charge in [0.25, 0.3) is 11.8 Å².